The van der Waals surface area contributed by atoms with Gasteiger partial charge in [-0.3, -0.25) is 4.79 Å². The number of hydrogen-bond donors (Lipinski definition) is 1. The van der Waals surface area contributed by atoms with E-state index >= 15 is 0 Å². The van der Waals surface area contributed by atoms with Crippen LogP contribution in [0.3, 0.4) is 0 Å². The average Bonchev–Trinajstić information content (AvgIpc) is 2.46. The van der Waals surface area contributed by atoms with Gasteiger partial charge in [-0.1, -0.05) is 20.8 Å². The zero-order valence-corrected chi connectivity index (χ0v) is 14.7. The van der Waals surface area contributed by atoms with E-state index in [2.05, 4.69) is 47.9 Å². The van der Waals surface area contributed by atoms with Gasteiger partial charge in [0, 0.05) is 30.9 Å². The monoisotopic (exact) mass is 322 g/mol. The number of hydrogen-bond acceptors (Lipinski definition) is 5. The molecule has 0 aromatic carbocycles. The standard InChI is InChI=1S/C16H26N4OS/c1-16(2,3)22-12-15(21)18-13-5-6-14(17-11-13)20-9-7-19(4)8-10-20/h5-6,11H,7-10,12H2,1-4H3,(H,18,21). The fourth-order valence-electron chi connectivity index (χ4n) is 2.16. The molecule has 1 aliphatic heterocycles. The Bertz CT molecular complexity index is 490. The van der Waals surface area contributed by atoms with E-state index < -0.39 is 0 Å². The number of piperazine rings is 1. The summed E-state index contributed by atoms with van der Waals surface area (Å²) in [7, 11) is 2.14. The topological polar surface area (TPSA) is 48.5 Å². The fourth-order valence-corrected chi connectivity index (χ4v) is 2.80. The number of nitrogens with one attached hydrogen (secondary N) is 1. The van der Waals surface area contributed by atoms with Gasteiger partial charge in [-0.15, -0.1) is 11.8 Å². The number of aromatic nitrogens is 1. The average molecular weight is 322 g/mol. The quantitative estimate of drug-likeness (QED) is 0.922. The third-order valence-electron chi connectivity index (χ3n) is 3.50. The van der Waals surface area contributed by atoms with Gasteiger partial charge in [0.1, 0.15) is 5.82 Å². The Morgan fingerprint density at radius 3 is 2.50 bits per heavy atom. The highest BCUT2D eigenvalue weighted by molar-refractivity contribution is 8.01. The number of carbonyl (C=O) groups is 1. The molecule has 2 heterocycles. The third-order valence-corrected chi connectivity index (χ3v) is 4.77. The van der Waals surface area contributed by atoms with Crippen molar-refractivity contribution in [2.24, 2.45) is 0 Å². The van der Waals surface area contributed by atoms with Crippen molar-refractivity contribution >= 4 is 29.2 Å². The smallest absolute Gasteiger partial charge is 0.234 e. The minimum Gasteiger partial charge on any atom is -0.354 e. The van der Waals surface area contributed by atoms with E-state index in [0.29, 0.717) is 5.75 Å². The third kappa shape index (κ3) is 5.50. The zero-order chi connectivity index (χ0) is 16.2. The van der Waals surface area contributed by atoms with Crippen LogP contribution in [-0.2, 0) is 4.79 Å². The Hall–Kier alpha value is -1.27. The van der Waals surface area contributed by atoms with Gasteiger partial charge in [0.05, 0.1) is 17.6 Å². The van der Waals surface area contributed by atoms with E-state index in [1.807, 2.05) is 12.1 Å². The predicted molar refractivity (Wildman–Crippen MR) is 94.8 cm³/mol. The summed E-state index contributed by atoms with van der Waals surface area (Å²) in [6.45, 7) is 10.4. The highest BCUT2D eigenvalue weighted by atomic mass is 32.2. The lowest BCUT2D eigenvalue weighted by Gasteiger charge is -2.33. The van der Waals surface area contributed by atoms with E-state index in [1.165, 1.54) is 0 Å². The lowest BCUT2D eigenvalue weighted by Crippen LogP contribution is -2.44. The van der Waals surface area contributed by atoms with Crippen LogP contribution in [0.25, 0.3) is 0 Å². The molecule has 5 nitrogen and oxygen atoms in total. The van der Waals surface area contributed by atoms with Crippen LogP contribution >= 0.6 is 11.8 Å². The summed E-state index contributed by atoms with van der Waals surface area (Å²) in [5, 5.41) is 2.90. The van der Waals surface area contributed by atoms with Crippen LogP contribution in [-0.4, -0.2) is 59.5 Å². The largest absolute Gasteiger partial charge is 0.354 e. The minimum atomic E-state index is 0.0223. The van der Waals surface area contributed by atoms with Gasteiger partial charge in [-0.2, -0.15) is 0 Å². The van der Waals surface area contributed by atoms with E-state index in [0.717, 1.165) is 37.7 Å². The maximum atomic E-state index is 11.9. The molecule has 0 atom stereocenters. The van der Waals surface area contributed by atoms with Gasteiger partial charge in [0.2, 0.25) is 5.91 Å². The van der Waals surface area contributed by atoms with Crippen molar-refractivity contribution in [1.82, 2.24) is 9.88 Å². The molecule has 1 N–H and O–H groups in total. The first kappa shape index (κ1) is 17.1. The van der Waals surface area contributed by atoms with Crippen LogP contribution in [0.1, 0.15) is 20.8 Å². The molecule has 122 valence electrons. The van der Waals surface area contributed by atoms with Gasteiger partial charge in [0.15, 0.2) is 0 Å². The summed E-state index contributed by atoms with van der Waals surface area (Å²) in [6.07, 6.45) is 1.74. The van der Waals surface area contributed by atoms with Crippen molar-refractivity contribution in [1.29, 1.82) is 0 Å². The number of amides is 1. The van der Waals surface area contributed by atoms with E-state index in [-0.39, 0.29) is 10.7 Å². The number of anilines is 2. The summed E-state index contributed by atoms with van der Waals surface area (Å²) in [5.74, 6) is 1.47. The van der Waals surface area contributed by atoms with Gasteiger partial charge in [-0.05, 0) is 19.2 Å². The van der Waals surface area contributed by atoms with Crippen LogP contribution in [0.4, 0.5) is 11.5 Å². The molecule has 22 heavy (non-hydrogen) atoms. The molecular weight excluding hydrogens is 296 g/mol. The van der Waals surface area contributed by atoms with Gasteiger partial charge in [-0.25, -0.2) is 4.98 Å². The Balaban J connectivity index is 1.85. The van der Waals surface area contributed by atoms with Crippen molar-refractivity contribution in [3.05, 3.63) is 18.3 Å². The number of carbonyl (C=O) groups excluding carboxylic acids is 1. The second kappa shape index (κ2) is 7.33. The maximum Gasteiger partial charge on any atom is 0.234 e. The summed E-state index contributed by atoms with van der Waals surface area (Å²) < 4.78 is 0.0981. The van der Waals surface area contributed by atoms with Crippen molar-refractivity contribution in [3.8, 4) is 0 Å². The van der Waals surface area contributed by atoms with Crippen LogP contribution in [0.5, 0.6) is 0 Å². The highest BCUT2D eigenvalue weighted by Gasteiger charge is 2.16. The molecule has 0 saturated carbocycles. The molecule has 6 heteroatoms. The number of thioether (sulfide) groups is 1. The van der Waals surface area contributed by atoms with Crippen molar-refractivity contribution in [2.75, 3.05) is 49.2 Å². The lowest BCUT2D eigenvalue weighted by molar-refractivity contribution is -0.113. The number of likely N-dealkylation sites (N-methyl/N-ethyl adjacent to an activating group) is 1. The first-order chi connectivity index (χ1) is 10.3. The van der Waals surface area contributed by atoms with E-state index in [4.69, 9.17) is 0 Å². The molecule has 1 fully saturated rings. The van der Waals surface area contributed by atoms with Crippen LogP contribution in [0.2, 0.25) is 0 Å². The van der Waals surface area contributed by atoms with Gasteiger partial charge >= 0.3 is 0 Å². The van der Waals surface area contributed by atoms with Crippen molar-refractivity contribution in [3.63, 3.8) is 0 Å². The Morgan fingerprint density at radius 1 is 1.27 bits per heavy atom. The first-order valence-corrected chi connectivity index (χ1v) is 8.65. The first-order valence-electron chi connectivity index (χ1n) is 7.67. The minimum absolute atomic E-state index is 0.0223. The Labute approximate surface area is 137 Å². The predicted octanol–water partition coefficient (Wildman–Crippen LogP) is 2.30. The number of nitrogens with zero attached hydrogens (tertiary/aromatic N) is 3. The highest BCUT2D eigenvalue weighted by Crippen LogP contribution is 2.23. The SMILES string of the molecule is CN1CCN(c2ccc(NC(=O)CSC(C)(C)C)cn2)CC1. The molecule has 0 bridgehead atoms. The Morgan fingerprint density at radius 2 is 1.95 bits per heavy atom. The van der Waals surface area contributed by atoms with Crippen molar-refractivity contribution < 1.29 is 4.79 Å². The molecule has 2 rings (SSSR count). The summed E-state index contributed by atoms with van der Waals surface area (Å²) in [4.78, 5) is 21.0. The van der Waals surface area contributed by atoms with Crippen molar-refractivity contribution in [2.45, 2.75) is 25.5 Å². The van der Waals surface area contributed by atoms with E-state index in [1.54, 1.807) is 18.0 Å². The zero-order valence-electron chi connectivity index (χ0n) is 13.9. The normalized spacial score (nSPS) is 16.6. The molecule has 1 amide bonds. The molecule has 1 aromatic heterocycles. The lowest BCUT2D eigenvalue weighted by atomic mass is 10.3. The summed E-state index contributed by atoms with van der Waals surface area (Å²) in [6, 6.07) is 3.91. The number of pyridine rings is 1. The summed E-state index contributed by atoms with van der Waals surface area (Å²) >= 11 is 1.64. The second-order valence-electron chi connectivity index (χ2n) is 6.64. The summed E-state index contributed by atoms with van der Waals surface area (Å²) in [5.41, 5.74) is 0.761. The van der Waals surface area contributed by atoms with Crippen LogP contribution in [0.15, 0.2) is 18.3 Å². The fraction of sp³-hybridized carbons (Fsp3) is 0.625. The molecule has 0 radical (unpaired) electrons. The van der Waals surface area contributed by atoms with Gasteiger partial charge in [0.25, 0.3) is 0 Å². The molecule has 0 unspecified atom stereocenters. The molecule has 1 aliphatic rings. The molecule has 0 spiro atoms. The van der Waals surface area contributed by atoms with Crippen LogP contribution < -0.4 is 10.2 Å². The van der Waals surface area contributed by atoms with E-state index in [9.17, 15) is 4.79 Å². The second-order valence-corrected chi connectivity index (χ2v) is 8.45. The molecule has 1 aromatic rings. The number of rotatable bonds is 4. The maximum absolute atomic E-state index is 11.9. The molecule has 1 saturated heterocycles. The molecular formula is C16H26N4OS. The molecule has 0 aliphatic carbocycles. The van der Waals surface area contributed by atoms with Gasteiger partial charge < -0.3 is 15.1 Å². The van der Waals surface area contributed by atoms with Crippen LogP contribution in [0, 0.1) is 0 Å². The Kier molecular flexibility index (Phi) is 5.69.